The largest absolute Gasteiger partial charge is 0.441 e. The summed E-state index contributed by atoms with van der Waals surface area (Å²) in [5, 5.41) is 14.9. The number of rotatable bonds is 6. The molecule has 0 aliphatic heterocycles. The molecule has 2 amide bonds. The number of carbonyl (C=O) groups excluding carboxylic acids is 1. The van der Waals surface area contributed by atoms with Crippen LogP contribution in [0.15, 0.2) is 28.7 Å². The molecule has 6 nitrogen and oxygen atoms in total. The Kier molecular flexibility index (Phi) is 5.62. The number of amides is 2. The molecule has 0 saturated heterocycles. The van der Waals surface area contributed by atoms with Crippen LogP contribution in [0, 0.1) is 13.8 Å². The van der Waals surface area contributed by atoms with Crippen molar-refractivity contribution >= 4 is 11.7 Å². The quantitative estimate of drug-likeness (QED) is 0.754. The second kappa shape index (κ2) is 7.49. The van der Waals surface area contributed by atoms with E-state index in [-0.39, 0.29) is 12.6 Å². The number of carbonyl (C=O) groups is 1. The van der Waals surface area contributed by atoms with Crippen LogP contribution in [-0.2, 0) is 0 Å². The van der Waals surface area contributed by atoms with Gasteiger partial charge in [0, 0.05) is 23.4 Å². The molecule has 1 aromatic carbocycles. The van der Waals surface area contributed by atoms with Gasteiger partial charge in [0.15, 0.2) is 0 Å². The third-order valence-electron chi connectivity index (χ3n) is 4.26. The molecule has 1 unspecified atom stereocenters. The maximum atomic E-state index is 12.2. The Morgan fingerprint density at radius 1 is 1.38 bits per heavy atom. The molecule has 24 heavy (non-hydrogen) atoms. The summed E-state index contributed by atoms with van der Waals surface area (Å²) in [6, 6.07) is 7.05. The minimum Gasteiger partial charge on any atom is -0.441 e. The Hall–Kier alpha value is -2.34. The molecule has 1 heterocycles. The number of aliphatic hydroxyl groups excluding tert-OH is 1. The van der Waals surface area contributed by atoms with Crippen LogP contribution in [0.5, 0.6) is 0 Å². The first kappa shape index (κ1) is 18.0. The fourth-order valence-electron chi connectivity index (χ4n) is 2.34. The molecular weight excluding hydrogens is 306 g/mol. The van der Waals surface area contributed by atoms with E-state index in [1.54, 1.807) is 6.07 Å². The minimum atomic E-state index is -0.437. The molecule has 1 aromatic heterocycles. The molecule has 0 aliphatic rings. The van der Waals surface area contributed by atoms with Crippen LogP contribution in [0.2, 0.25) is 0 Å². The highest BCUT2D eigenvalue weighted by Gasteiger charge is 2.23. The maximum Gasteiger partial charge on any atom is 0.319 e. The molecule has 6 heteroatoms. The van der Waals surface area contributed by atoms with E-state index in [2.05, 4.69) is 15.6 Å². The normalized spacial score (nSPS) is 13.4. The standard InChI is InChI=1S/C18H25N3O3/c1-5-18(4,9-10-22)21-17(23)20-15-8-6-7-14(11-15)16-19-12(2)13(3)24-16/h6-8,11,22H,5,9-10H2,1-4H3,(H2,20,21,23). The fraction of sp³-hybridized carbons (Fsp3) is 0.444. The molecule has 0 bridgehead atoms. The highest BCUT2D eigenvalue weighted by molar-refractivity contribution is 5.90. The summed E-state index contributed by atoms with van der Waals surface area (Å²) in [5.74, 6) is 1.32. The van der Waals surface area contributed by atoms with Gasteiger partial charge in [-0.15, -0.1) is 0 Å². The smallest absolute Gasteiger partial charge is 0.319 e. The Labute approximate surface area is 142 Å². The van der Waals surface area contributed by atoms with Crippen molar-refractivity contribution < 1.29 is 14.3 Å². The van der Waals surface area contributed by atoms with E-state index in [9.17, 15) is 4.79 Å². The van der Waals surface area contributed by atoms with Crippen molar-refractivity contribution in [2.24, 2.45) is 0 Å². The number of oxazole rings is 1. The topological polar surface area (TPSA) is 87.4 Å². The van der Waals surface area contributed by atoms with Crippen molar-refractivity contribution in [1.82, 2.24) is 10.3 Å². The lowest BCUT2D eigenvalue weighted by atomic mass is 9.95. The van der Waals surface area contributed by atoms with E-state index in [0.29, 0.717) is 18.0 Å². The molecule has 0 fully saturated rings. The third kappa shape index (κ3) is 4.35. The summed E-state index contributed by atoms with van der Waals surface area (Å²) in [6.07, 6.45) is 1.24. The summed E-state index contributed by atoms with van der Waals surface area (Å²) in [5.41, 5.74) is 1.87. The summed E-state index contributed by atoms with van der Waals surface area (Å²) >= 11 is 0. The number of hydrogen-bond acceptors (Lipinski definition) is 4. The monoisotopic (exact) mass is 331 g/mol. The van der Waals surface area contributed by atoms with Gasteiger partial charge < -0.3 is 20.2 Å². The van der Waals surface area contributed by atoms with Gasteiger partial charge in [0.25, 0.3) is 0 Å². The first-order chi connectivity index (χ1) is 11.4. The first-order valence-corrected chi connectivity index (χ1v) is 8.11. The third-order valence-corrected chi connectivity index (χ3v) is 4.26. The lowest BCUT2D eigenvalue weighted by Gasteiger charge is -2.29. The Morgan fingerprint density at radius 2 is 2.12 bits per heavy atom. The SMILES string of the molecule is CCC(C)(CCO)NC(=O)Nc1cccc(-c2nc(C)c(C)o2)c1. The van der Waals surface area contributed by atoms with E-state index in [1.165, 1.54) is 0 Å². The van der Waals surface area contributed by atoms with Crippen molar-refractivity contribution in [3.05, 3.63) is 35.7 Å². The predicted molar refractivity (Wildman–Crippen MR) is 94.0 cm³/mol. The number of hydrogen-bond donors (Lipinski definition) is 3. The Bertz CT molecular complexity index is 692. The second-order valence-electron chi connectivity index (χ2n) is 6.21. The number of nitrogens with zero attached hydrogens (tertiary/aromatic N) is 1. The van der Waals surface area contributed by atoms with Crippen LogP contribution >= 0.6 is 0 Å². The number of anilines is 1. The van der Waals surface area contributed by atoms with Crippen LogP contribution in [0.3, 0.4) is 0 Å². The highest BCUT2D eigenvalue weighted by atomic mass is 16.4. The molecule has 0 spiro atoms. The zero-order chi connectivity index (χ0) is 17.7. The molecule has 1 atom stereocenters. The van der Waals surface area contributed by atoms with Gasteiger partial charge in [-0.3, -0.25) is 0 Å². The number of benzene rings is 1. The van der Waals surface area contributed by atoms with Crippen molar-refractivity contribution in [1.29, 1.82) is 0 Å². The van der Waals surface area contributed by atoms with E-state index >= 15 is 0 Å². The van der Waals surface area contributed by atoms with Gasteiger partial charge in [-0.1, -0.05) is 13.0 Å². The molecule has 2 aromatic rings. The Morgan fingerprint density at radius 3 is 2.71 bits per heavy atom. The number of nitrogens with one attached hydrogen (secondary N) is 2. The van der Waals surface area contributed by atoms with E-state index in [1.807, 2.05) is 45.9 Å². The van der Waals surface area contributed by atoms with Crippen LogP contribution in [0.1, 0.15) is 38.1 Å². The average molecular weight is 331 g/mol. The molecule has 0 radical (unpaired) electrons. The van der Waals surface area contributed by atoms with Crippen LogP contribution in [0.25, 0.3) is 11.5 Å². The molecule has 2 rings (SSSR count). The average Bonchev–Trinajstić information content (AvgIpc) is 2.87. The number of aryl methyl sites for hydroxylation is 2. The summed E-state index contributed by atoms with van der Waals surface area (Å²) in [6.45, 7) is 7.68. The van der Waals surface area contributed by atoms with Gasteiger partial charge >= 0.3 is 6.03 Å². The molecule has 3 N–H and O–H groups in total. The van der Waals surface area contributed by atoms with Crippen LogP contribution in [-0.4, -0.2) is 28.3 Å². The van der Waals surface area contributed by atoms with E-state index < -0.39 is 5.54 Å². The van der Waals surface area contributed by atoms with Gasteiger partial charge in [0.2, 0.25) is 5.89 Å². The van der Waals surface area contributed by atoms with Gasteiger partial charge in [-0.25, -0.2) is 9.78 Å². The van der Waals surface area contributed by atoms with Crippen molar-refractivity contribution in [3.63, 3.8) is 0 Å². The summed E-state index contributed by atoms with van der Waals surface area (Å²) < 4.78 is 5.62. The lowest BCUT2D eigenvalue weighted by molar-refractivity contribution is 0.208. The van der Waals surface area contributed by atoms with E-state index in [4.69, 9.17) is 9.52 Å². The second-order valence-corrected chi connectivity index (χ2v) is 6.21. The van der Waals surface area contributed by atoms with Crippen molar-refractivity contribution in [2.75, 3.05) is 11.9 Å². The Balaban J connectivity index is 2.10. The number of urea groups is 1. The number of aliphatic hydroxyl groups is 1. The van der Waals surface area contributed by atoms with Gasteiger partial charge in [-0.2, -0.15) is 0 Å². The first-order valence-electron chi connectivity index (χ1n) is 8.11. The molecule has 0 saturated carbocycles. The minimum absolute atomic E-state index is 0.0307. The summed E-state index contributed by atoms with van der Waals surface area (Å²) in [7, 11) is 0. The zero-order valence-corrected chi connectivity index (χ0v) is 14.6. The fourth-order valence-corrected chi connectivity index (χ4v) is 2.34. The predicted octanol–water partition coefficient (Wildman–Crippen LogP) is 3.63. The highest BCUT2D eigenvalue weighted by Crippen LogP contribution is 2.24. The van der Waals surface area contributed by atoms with Crippen LogP contribution < -0.4 is 10.6 Å². The van der Waals surface area contributed by atoms with Crippen molar-refractivity contribution in [2.45, 2.75) is 46.1 Å². The van der Waals surface area contributed by atoms with Gasteiger partial charge in [0.1, 0.15) is 5.76 Å². The van der Waals surface area contributed by atoms with Gasteiger partial charge in [0.05, 0.1) is 5.69 Å². The molecule has 130 valence electrons. The molecule has 0 aliphatic carbocycles. The van der Waals surface area contributed by atoms with E-state index in [0.717, 1.165) is 23.4 Å². The van der Waals surface area contributed by atoms with Crippen LogP contribution in [0.4, 0.5) is 10.5 Å². The zero-order valence-electron chi connectivity index (χ0n) is 14.6. The number of aromatic nitrogens is 1. The summed E-state index contributed by atoms with van der Waals surface area (Å²) in [4.78, 5) is 16.6. The maximum absolute atomic E-state index is 12.2. The van der Waals surface area contributed by atoms with Crippen molar-refractivity contribution in [3.8, 4) is 11.5 Å². The molecular formula is C18H25N3O3. The lowest BCUT2D eigenvalue weighted by Crippen LogP contribution is -2.48. The van der Waals surface area contributed by atoms with Gasteiger partial charge in [-0.05, 0) is 51.8 Å².